The van der Waals surface area contributed by atoms with Gasteiger partial charge < -0.3 is 15.7 Å². The Bertz CT molecular complexity index is 948. The standard InChI is InChI=1S/C20H23N5O/c1-13(20-14-6-2-3-7-15(14)23-24-20)12-19-22-16-8-4-5-9-17(16)25(19)11-10-18(21)26/h2-9,13,20,23-24H,10-12H2,1H3,(H2,21,26). The van der Waals surface area contributed by atoms with E-state index in [1.54, 1.807) is 0 Å². The molecule has 4 rings (SSSR count). The van der Waals surface area contributed by atoms with Crippen LogP contribution in [0.4, 0.5) is 5.69 Å². The van der Waals surface area contributed by atoms with Crippen molar-refractivity contribution in [3.63, 3.8) is 0 Å². The van der Waals surface area contributed by atoms with Crippen LogP contribution >= 0.6 is 0 Å². The normalized spacial score (nSPS) is 17.0. The number of imidazole rings is 1. The molecule has 2 heterocycles. The molecule has 2 aromatic carbocycles. The molecule has 3 aromatic rings. The van der Waals surface area contributed by atoms with E-state index in [9.17, 15) is 4.79 Å². The number of aromatic nitrogens is 2. The number of anilines is 1. The van der Waals surface area contributed by atoms with Gasteiger partial charge in [0.05, 0.1) is 22.8 Å². The lowest BCUT2D eigenvalue weighted by molar-refractivity contribution is -0.118. The minimum Gasteiger partial charge on any atom is -0.370 e. The number of para-hydroxylation sites is 3. The highest BCUT2D eigenvalue weighted by molar-refractivity contribution is 5.77. The maximum absolute atomic E-state index is 11.3. The molecule has 0 saturated heterocycles. The fraction of sp³-hybridized carbons (Fsp3) is 0.300. The Morgan fingerprint density at radius 3 is 2.85 bits per heavy atom. The molecule has 6 nitrogen and oxygen atoms in total. The van der Waals surface area contributed by atoms with Crippen LogP contribution in [-0.4, -0.2) is 15.5 Å². The van der Waals surface area contributed by atoms with Crippen molar-refractivity contribution in [1.29, 1.82) is 0 Å². The van der Waals surface area contributed by atoms with Crippen LogP contribution in [0.2, 0.25) is 0 Å². The van der Waals surface area contributed by atoms with Gasteiger partial charge >= 0.3 is 0 Å². The summed E-state index contributed by atoms with van der Waals surface area (Å²) in [5.41, 5.74) is 16.4. The minimum atomic E-state index is -0.294. The summed E-state index contributed by atoms with van der Waals surface area (Å²) in [7, 11) is 0. The van der Waals surface area contributed by atoms with E-state index in [0.717, 1.165) is 29.0 Å². The van der Waals surface area contributed by atoms with E-state index < -0.39 is 0 Å². The van der Waals surface area contributed by atoms with Crippen molar-refractivity contribution in [3.8, 4) is 0 Å². The van der Waals surface area contributed by atoms with Crippen LogP contribution in [0.1, 0.15) is 30.8 Å². The number of carbonyl (C=O) groups is 1. The molecular weight excluding hydrogens is 326 g/mol. The molecule has 1 aliphatic rings. The third kappa shape index (κ3) is 3.04. The minimum absolute atomic E-state index is 0.218. The van der Waals surface area contributed by atoms with Crippen molar-refractivity contribution in [3.05, 3.63) is 59.9 Å². The van der Waals surface area contributed by atoms with Gasteiger partial charge in [-0.2, -0.15) is 0 Å². The van der Waals surface area contributed by atoms with Gasteiger partial charge in [0, 0.05) is 19.4 Å². The van der Waals surface area contributed by atoms with Crippen LogP contribution in [-0.2, 0) is 17.8 Å². The number of nitrogens with two attached hydrogens (primary N) is 1. The number of primary amides is 1. The van der Waals surface area contributed by atoms with Crippen molar-refractivity contribution >= 4 is 22.6 Å². The second-order valence-corrected chi connectivity index (χ2v) is 6.90. The first-order valence-corrected chi connectivity index (χ1v) is 8.96. The summed E-state index contributed by atoms with van der Waals surface area (Å²) in [6, 6.07) is 16.6. The van der Waals surface area contributed by atoms with Gasteiger partial charge in [0.2, 0.25) is 5.91 Å². The van der Waals surface area contributed by atoms with Gasteiger partial charge in [-0.1, -0.05) is 37.3 Å². The fourth-order valence-electron chi connectivity index (χ4n) is 3.72. The lowest BCUT2D eigenvalue weighted by Gasteiger charge is -2.20. The predicted molar refractivity (Wildman–Crippen MR) is 102 cm³/mol. The van der Waals surface area contributed by atoms with Crippen molar-refractivity contribution in [2.45, 2.75) is 32.4 Å². The average molecular weight is 349 g/mol. The molecule has 0 spiro atoms. The number of nitrogens with one attached hydrogen (secondary N) is 2. The lowest BCUT2D eigenvalue weighted by Crippen LogP contribution is -2.26. The SMILES string of the molecule is CC(Cc1nc2ccccc2n1CCC(N)=O)C1NNc2ccccc21. The highest BCUT2D eigenvalue weighted by Gasteiger charge is 2.28. The number of rotatable bonds is 6. The summed E-state index contributed by atoms with van der Waals surface area (Å²) in [5.74, 6) is 1.03. The molecule has 0 aliphatic carbocycles. The first kappa shape index (κ1) is 16.6. The van der Waals surface area contributed by atoms with E-state index in [-0.39, 0.29) is 11.9 Å². The number of benzene rings is 2. The Morgan fingerprint density at radius 2 is 2.00 bits per heavy atom. The smallest absolute Gasteiger partial charge is 0.219 e. The first-order chi connectivity index (χ1) is 12.6. The summed E-state index contributed by atoms with van der Waals surface area (Å²) in [6.45, 7) is 2.78. The molecule has 1 aromatic heterocycles. The zero-order valence-corrected chi connectivity index (χ0v) is 14.8. The monoisotopic (exact) mass is 349 g/mol. The molecule has 2 atom stereocenters. The number of fused-ring (bicyclic) bond motifs is 2. The molecule has 0 bridgehead atoms. The van der Waals surface area contributed by atoms with E-state index in [4.69, 9.17) is 10.7 Å². The number of nitrogens with zero attached hydrogens (tertiary/aromatic N) is 2. The van der Waals surface area contributed by atoms with Gasteiger partial charge in [-0.3, -0.25) is 4.79 Å². The Kier molecular flexibility index (Phi) is 4.34. The average Bonchev–Trinajstić information content (AvgIpc) is 3.21. The maximum atomic E-state index is 11.3. The summed E-state index contributed by atoms with van der Waals surface area (Å²) >= 11 is 0. The topological polar surface area (TPSA) is 85.0 Å². The second kappa shape index (κ2) is 6.80. The van der Waals surface area contributed by atoms with Gasteiger partial charge in [-0.25, -0.2) is 10.4 Å². The Hall–Kier alpha value is -2.86. The van der Waals surface area contributed by atoms with E-state index in [2.05, 4.69) is 40.5 Å². The first-order valence-electron chi connectivity index (χ1n) is 8.96. The number of hydrogen-bond donors (Lipinski definition) is 3. The van der Waals surface area contributed by atoms with Crippen molar-refractivity contribution in [1.82, 2.24) is 15.0 Å². The number of hydrazine groups is 1. The number of amides is 1. The molecule has 0 saturated carbocycles. The van der Waals surface area contributed by atoms with Gasteiger partial charge in [0.25, 0.3) is 0 Å². The molecule has 134 valence electrons. The zero-order chi connectivity index (χ0) is 18.1. The largest absolute Gasteiger partial charge is 0.370 e. The zero-order valence-electron chi connectivity index (χ0n) is 14.8. The molecule has 26 heavy (non-hydrogen) atoms. The fourth-order valence-corrected chi connectivity index (χ4v) is 3.72. The van der Waals surface area contributed by atoms with Gasteiger partial charge in [0.15, 0.2) is 0 Å². The van der Waals surface area contributed by atoms with Crippen LogP contribution in [0.25, 0.3) is 11.0 Å². The van der Waals surface area contributed by atoms with Gasteiger partial charge in [0.1, 0.15) is 5.82 Å². The number of carbonyl (C=O) groups excluding carboxylic acids is 1. The molecular formula is C20H23N5O. The quantitative estimate of drug-likeness (QED) is 0.639. The highest BCUT2D eigenvalue weighted by atomic mass is 16.1. The third-order valence-electron chi connectivity index (χ3n) is 5.05. The second-order valence-electron chi connectivity index (χ2n) is 6.90. The van der Waals surface area contributed by atoms with E-state index in [0.29, 0.717) is 18.9 Å². The number of hydrogen-bond acceptors (Lipinski definition) is 4. The van der Waals surface area contributed by atoms with Crippen LogP contribution in [0.3, 0.4) is 0 Å². The van der Waals surface area contributed by atoms with E-state index in [1.165, 1.54) is 5.56 Å². The van der Waals surface area contributed by atoms with Crippen LogP contribution in [0, 0.1) is 5.92 Å². The summed E-state index contributed by atoms with van der Waals surface area (Å²) < 4.78 is 2.13. The van der Waals surface area contributed by atoms with Crippen molar-refractivity contribution < 1.29 is 4.79 Å². The van der Waals surface area contributed by atoms with Crippen molar-refractivity contribution in [2.75, 3.05) is 5.43 Å². The van der Waals surface area contributed by atoms with Crippen LogP contribution in [0.15, 0.2) is 48.5 Å². The Balaban J connectivity index is 1.62. The van der Waals surface area contributed by atoms with Crippen LogP contribution in [0.5, 0.6) is 0 Å². The Labute approximate surface area is 152 Å². The summed E-state index contributed by atoms with van der Waals surface area (Å²) in [5, 5.41) is 0. The molecule has 0 fully saturated rings. The molecule has 2 unspecified atom stereocenters. The molecule has 1 amide bonds. The summed E-state index contributed by atoms with van der Waals surface area (Å²) in [4.78, 5) is 16.1. The van der Waals surface area contributed by atoms with Gasteiger partial charge in [-0.05, 0) is 29.7 Å². The molecule has 1 aliphatic heterocycles. The third-order valence-corrected chi connectivity index (χ3v) is 5.05. The van der Waals surface area contributed by atoms with Crippen molar-refractivity contribution in [2.24, 2.45) is 11.7 Å². The molecule has 4 N–H and O–H groups in total. The van der Waals surface area contributed by atoms with Gasteiger partial charge in [-0.15, -0.1) is 0 Å². The van der Waals surface area contributed by atoms with Crippen LogP contribution < -0.4 is 16.6 Å². The number of aryl methyl sites for hydroxylation is 1. The highest BCUT2D eigenvalue weighted by Crippen LogP contribution is 2.34. The molecule has 6 heteroatoms. The molecule has 0 radical (unpaired) electrons. The van der Waals surface area contributed by atoms with E-state index >= 15 is 0 Å². The maximum Gasteiger partial charge on any atom is 0.219 e. The summed E-state index contributed by atoms with van der Waals surface area (Å²) in [6.07, 6.45) is 1.12. The predicted octanol–water partition coefficient (Wildman–Crippen LogP) is 2.76. The lowest BCUT2D eigenvalue weighted by atomic mass is 9.92. The Morgan fingerprint density at radius 1 is 1.23 bits per heavy atom. The van der Waals surface area contributed by atoms with E-state index in [1.807, 2.05) is 30.3 Å².